The van der Waals surface area contributed by atoms with Crippen LogP contribution in [0.3, 0.4) is 0 Å². The molecule has 0 saturated carbocycles. The van der Waals surface area contributed by atoms with Gasteiger partial charge in [-0.05, 0) is 80.2 Å². The summed E-state index contributed by atoms with van der Waals surface area (Å²) >= 11 is 0. The Balaban J connectivity index is 2.48. The molecular formula is C42H70O5Si2. The first-order chi connectivity index (χ1) is 22.7. The number of carbonyl (C=O) groups excluding carboxylic acids is 1. The van der Waals surface area contributed by atoms with Crippen molar-refractivity contribution in [1.29, 1.82) is 0 Å². The number of rotatable bonds is 18. The third-order valence-electron chi connectivity index (χ3n) is 12.0. The number of hydrogen-bond donors (Lipinski definition) is 1. The second-order valence-corrected chi connectivity index (χ2v) is 25.8. The van der Waals surface area contributed by atoms with Gasteiger partial charge in [0.25, 0.3) is 0 Å². The number of hydrogen-bond acceptors (Lipinski definition) is 5. The van der Waals surface area contributed by atoms with Crippen molar-refractivity contribution in [2.45, 2.75) is 163 Å². The highest BCUT2D eigenvalue weighted by Crippen LogP contribution is 2.42. The van der Waals surface area contributed by atoms with Crippen molar-refractivity contribution in [1.82, 2.24) is 0 Å². The van der Waals surface area contributed by atoms with Crippen LogP contribution in [0.1, 0.15) is 113 Å². The van der Waals surface area contributed by atoms with Crippen molar-refractivity contribution in [2.75, 3.05) is 0 Å². The summed E-state index contributed by atoms with van der Waals surface area (Å²) < 4.78 is 20.4. The second kappa shape index (κ2) is 17.9. The van der Waals surface area contributed by atoms with E-state index < -0.39 is 40.4 Å². The summed E-state index contributed by atoms with van der Waals surface area (Å²) in [6.45, 7) is 32.3. The van der Waals surface area contributed by atoms with Gasteiger partial charge in [-0.1, -0.05) is 135 Å². The van der Waals surface area contributed by atoms with E-state index in [4.69, 9.17) is 13.6 Å². The Labute approximate surface area is 302 Å². The average molecular weight is 711 g/mol. The smallest absolute Gasteiger partial charge is 0.335 e. The topological polar surface area (TPSA) is 65.0 Å². The molecule has 2 rings (SSSR count). The van der Waals surface area contributed by atoms with E-state index in [1.807, 2.05) is 50.2 Å². The van der Waals surface area contributed by atoms with Crippen molar-refractivity contribution in [3.05, 3.63) is 82.9 Å². The summed E-state index contributed by atoms with van der Waals surface area (Å²) in [6.07, 6.45) is -1.16. The molecule has 0 fully saturated rings. The molecule has 0 saturated heterocycles. The number of aliphatic hydroxyl groups excluding tert-OH is 1. The summed E-state index contributed by atoms with van der Waals surface area (Å²) in [4.78, 5) is 14.5. The Hall–Kier alpha value is -2.04. The molecule has 0 aliphatic rings. The van der Waals surface area contributed by atoms with Gasteiger partial charge in [0, 0.05) is 17.3 Å². The van der Waals surface area contributed by atoms with Gasteiger partial charge in [0.1, 0.15) is 6.10 Å². The van der Waals surface area contributed by atoms with Gasteiger partial charge in [-0.25, -0.2) is 4.79 Å². The molecule has 2 aromatic rings. The number of aliphatic hydroxyl groups is 1. The van der Waals surface area contributed by atoms with E-state index in [1.54, 1.807) is 0 Å². The van der Waals surface area contributed by atoms with Gasteiger partial charge in [-0.2, -0.15) is 0 Å². The first-order valence-electron chi connectivity index (χ1n) is 18.7. The highest BCUT2D eigenvalue weighted by Gasteiger charge is 2.46. The predicted molar refractivity (Wildman–Crippen MR) is 212 cm³/mol. The molecule has 0 aliphatic carbocycles. The first-order valence-corrected chi connectivity index (χ1v) is 24.2. The lowest BCUT2D eigenvalue weighted by Gasteiger charge is -2.45. The highest BCUT2D eigenvalue weighted by atomic mass is 28.4. The monoisotopic (exact) mass is 710 g/mol. The van der Waals surface area contributed by atoms with Gasteiger partial charge >= 0.3 is 5.97 Å². The minimum Gasteiger partial charge on any atom is -0.456 e. The fourth-order valence-corrected chi connectivity index (χ4v) is 11.0. The number of carbonyl (C=O) groups is 1. The van der Waals surface area contributed by atoms with E-state index in [-0.39, 0.29) is 28.9 Å². The Kier molecular flexibility index (Phi) is 15.8. The van der Waals surface area contributed by atoms with Gasteiger partial charge in [-0.15, -0.1) is 0 Å². The van der Waals surface area contributed by atoms with Gasteiger partial charge in [-0.3, -0.25) is 0 Å². The zero-order valence-electron chi connectivity index (χ0n) is 33.6. The Morgan fingerprint density at radius 2 is 1.20 bits per heavy atom. The van der Waals surface area contributed by atoms with E-state index in [2.05, 4.69) is 114 Å². The zero-order chi connectivity index (χ0) is 37.4. The molecule has 2 aromatic carbocycles. The summed E-state index contributed by atoms with van der Waals surface area (Å²) in [5.41, 5.74) is 3.54. The first kappa shape index (κ1) is 43.1. The van der Waals surface area contributed by atoms with Crippen LogP contribution < -0.4 is 0 Å². The molecule has 0 aliphatic heterocycles. The molecule has 7 heteroatoms. The molecule has 5 nitrogen and oxygen atoms in total. The lowest BCUT2D eigenvalue weighted by atomic mass is 9.72. The van der Waals surface area contributed by atoms with Gasteiger partial charge in [0.05, 0.1) is 12.2 Å². The molecular weight excluding hydrogens is 641 g/mol. The normalized spacial score (nSPS) is 16.8. The van der Waals surface area contributed by atoms with E-state index in [9.17, 15) is 9.90 Å². The van der Waals surface area contributed by atoms with Crippen molar-refractivity contribution in [2.24, 2.45) is 11.3 Å². The fourth-order valence-electron chi connectivity index (χ4n) is 6.75. The van der Waals surface area contributed by atoms with Gasteiger partial charge in [0.2, 0.25) is 0 Å². The molecule has 276 valence electrons. The minimum absolute atomic E-state index is 0.0408. The van der Waals surface area contributed by atoms with Crippen molar-refractivity contribution < 1.29 is 23.5 Å². The maximum atomic E-state index is 14.5. The van der Waals surface area contributed by atoms with Crippen LogP contribution in [0.5, 0.6) is 0 Å². The molecule has 0 amide bonds. The van der Waals surface area contributed by atoms with Crippen LogP contribution in [0, 0.1) is 11.3 Å². The third kappa shape index (κ3) is 10.5. The molecule has 0 spiro atoms. The van der Waals surface area contributed by atoms with Crippen molar-refractivity contribution in [3.8, 4) is 0 Å². The molecule has 0 bridgehead atoms. The highest BCUT2D eigenvalue weighted by molar-refractivity contribution is 6.74. The molecule has 1 unspecified atom stereocenters. The summed E-state index contributed by atoms with van der Waals surface area (Å²) in [7, 11) is -4.27. The van der Waals surface area contributed by atoms with Crippen LogP contribution >= 0.6 is 0 Å². The number of esters is 1. The van der Waals surface area contributed by atoms with Gasteiger partial charge < -0.3 is 18.7 Å². The van der Waals surface area contributed by atoms with Crippen LogP contribution in [-0.4, -0.2) is 52.1 Å². The molecule has 0 radical (unpaired) electrons. The van der Waals surface area contributed by atoms with E-state index in [0.717, 1.165) is 46.8 Å². The quantitative estimate of drug-likeness (QED) is 0.0948. The van der Waals surface area contributed by atoms with Crippen LogP contribution in [0.4, 0.5) is 0 Å². The maximum absolute atomic E-state index is 14.5. The van der Waals surface area contributed by atoms with Crippen LogP contribution in [0.2, 0.25) is 36.3 Å². The Morgan fingerprint density at radius 3 is 1.59 bits per heavy atom. The lowest BCUT2D eigenvalue weighted by Crippen LogP contribution is -2.51. The number of benzene rings is 2. The molecule has 0 aromatic heterocycles. The second-order valence-electron chi connectivity index (χ2n) is 16.4. The standard InChI is InChI=1S/C42H70O5Si2/c1-16-36(46-49(17-2,18-3)19-4)42(12,13)39(43)32(7)30(5)31(6)33(8)45-40(44)38(47-48(14,15)41(9,10)11)37(34-26-22-20-23-27-34)35-28-24-21-25-29-35/h20-29,32-33,36-39,43H,16-19H2,1-15H3/b31-30+/t32-,33-,36?,38+,39-/m0/s1. The Morgan fingerprint density at radius 1 is 0.755 bits per heavy atom. The summed E-state index contributed by atoms with van der Waals surface area (Å²) in [6, 6.07) is 23.5. The molecule has 5 atom stereocenters. The summed E-state index contributed by atoms with van der Waals surface area (Å²) in [5, 5.41) is 11.8. The predicted octanol–water partition coefficient (Wildman–Crippen LogP) is 11.3. The third-order valence-corrected chi connectivity index (χ3v) is 21.2. The van der Waals surface area contributed by atoms with Crippen molar-refractivity contribution >= 4 is 22.6 Å². The lowest BCUT2D eigenvalue weighted by molar-refractivity contribution is -0.156. The largest absolute Gasteiger partial charge is 0.456 e. The fraction of sp³-hybridized carbons (Fsp3) is 0.643. The maximum Gasteiger partial charge on any atom is 0.335 e. The minimum atomic E-state index is -2.41. The number of ether oxygens (including phenoxy) is 1. The molecule has 1 N–H and O–H groups in total. The zero-order valence-corrected chi connectivity index (χ0v) is 35.6. The molecule has 49 heavy (non-hydrogen) atoms. The Bertz CT molecular complexity index is 1280. The van der Waals surface area contributed by atoms with Crippen LogP contribution in [0.15, 0.2) is 71.8 Å². The van der Waals surface area contributed by atoms with Gasteiger partial charge in [0.15, 0.2) is 22.7 Å². The van der Waals surface area contributed by atoms with E-state index in [1.165, 1.54) is 0 Å². The van der Waals surface area contributed by atoms with Crippen molar-refractivity contribution in [3.63, 3.8) is 0 Å². The summed E-state index contributed by atoms with van der Waals surface area (Å²) in [5.74, 6) is -0.857. The SMILES string of the molecule is CCC(O[Si](CC)(CC)CC)C(C)(C)[C@@H](O)[C@@H](C)/C(C)=C(\C)[C@H](C)OC(=O)[C@H](O[Si](C)(C)C(C)(C)C)C(c1ccccc1)c1ccccc1. The average Bonchev–Trinajstić information content (AvgIpc) is 3.07. The van der Waals surface area contributed by atoms with Crippen LogP contribution in [-0.2, 0) is 18.4 Å². The van der Waals surface area contributed by atoms with Crippen LogP contribution in [0.25, 0.3) is 0 Å². The van der Waals surface area contributed by atoms with E-state index >= 15 is 0 Å². The van der Waals surface area contributed by atoms with E-state index in [0.29, 0.717) is 0 Å². The molecule has 0 heterocycles.